The van der Waals surface area contributed by atoms with Gasteiger partial charge in [0.15, 0.2) is 0 Å². The van der Waals surface area contributed by atoms with Gasteiger partial charge in [0, 0.05) is 0 Å². The Balaban J connectivity index is 5.03. The van der Waals surface area contributed by atoms with Crippen LogP contribution in [0, 0.1) is 5.92 Å². The van der Waals surface area contributed by atoms with E-state index in [0.717, 1.165) is 0 Å². The normalized spacial score (nSPS) is 14.9. The predicted octanol–water partition coefficient (Wildman–Crippen LogP) is -0.853. The lowest BCUT2D eigenvalue weighted by atomic mass is 10.0. The first-order valence-electron chi connectivity index (χ1n) is 9.49. The smallest absolute Gasteiger partial charge is 0.326 e. The van der Waals surface area contributed by atoms with Crippen molar-refractivity contribution < 1.29 is 34.2 Å². The standard InChI is InChI=1S/C18H32N4O7S/c1-9(2)7-13(22-16(26)11(19)8-14(23)24)17(27)20-10(3)15(25)21-12(18(28)29)5-6-30-4/h9-13H,5-8,19H2,1-4H3,(H,20,27)(H,21,25)(H,22,26)(H,23,24)(H,28,29). The Morgan fingerprint density at radius 3 is 1.93 bits per heavy atom. The first-order chi connectivity index (χ1) is 13.9. The van der Waals surface area contributed by atoms with Crippen LogP contribution in [-0.4, -0.2) is 76.0 Å². The second-order valence-electron chi connectivity index (χ2n) is 7.31. The second-order valence-corrected chi connectivity index (χ2v) is 8.29. The van der Waals surface area contributed by atoms with Crippen molar-refractivity contribution in [3.63, 3.8) is 0 Å². The van der Waals surface area contributed by atoms with Crippen molar-refractivity contribution in [2.24, 2.45) is 11.7 Å². The van der Waals surface area contributed by atoms with Crippen molar-refractivity contribution in [2.75, 3.05) is 12.0 Å². The fourth-order valence-electron chi connectivity index (χ4n) is 2.43. The summed E-state index contributed by atoms with van der Waals surface area (Å²) in [5, 5.41) is 25.2. The van der Waals surface area contributed by atoms with Gasteiger partial charge in [-0.2, -0.15) is 11.8 Å². The van der Waals surface area contributed by atoms with Crippen LogP contribution in [0.25, 0.3) is 0 Å². The van der Waals surface area contributed by atoms with Crippen LogP contribution in [0.2, 0.25) is 0 Å². The summed E-state index contributed by atoms with van der Waals surface area (Å²) in [7, 11) is 0. The second kappa shape index (κ2) is 13.8. The highest BCUT2D eigenvalue weighted by molar-refractivity contribution is 7.98. The zero-order valence-electron chi connectivity index (χ0n) is 17.6. The SMILES string of the molecule is CSCCC(NC(=O)C(C)NC(=O)C(CC(C)C)NC(=O)C(N)CC(=O)O)C(=O)O. The molecule has 3 amide bonds. The average molecular weight is 449 g/mol. The van der Waals surface area contributed by atoms with E-state index in [4.69, 9.17) is 10.8 Å². The molecule has 0 saturated carbocycles. The van der Waals surface area contributed by atoms with Crippen LogP contribution in [-0.2, 0) is 24.0 Å². The van der Waals surface area contributed by atoms with E-state index in [-0.39, 0.29) is 18.8 Å². The molecule has 0 aromatic heterocycles. The number of thioether (sulfide) groups is 1. The van der Waals surface area contributed by atoms with Crippen LogP contribution in [0.1, 0.15) is 40.0 Å². The van der Waals surface area contributed by atoms with Gasteiger partial charge < -0.3 is 31.9 Å². The largest absolute Gasteiger partial charge is 0.481 e. The summed E-state index contributed by atoms with van der Waals surface area (Å²) in [6.45, 7) is 5.04. The highest BCUT2D eigenvalue weighted by Crippen LogP contribution is 2.07. The van der Waals surface area contributed by atoms with Gasteiger partial charge in [0.1, 0.15) is 18.1 Å². The van der Waals surface area contributed by atoms with E-state index in [2.05, 4.69) is 16.0 Å². The van der Waals surface area contributed by atoms with Gasteiger partial charge >= 0.3 is 11.9 Å². The van der Waals surface area contributed by atoms with Gasteiger partial charge in [-0.05, 0) is 37.7 Å². The van der Waals surface area contributed by atoms with Crippen LogP contribution in [0.4, 0.5) is 0 Å². The van der Waals surface area contributed by atoms with Crippen molar-refractivity contribution in [1.29, 1.82) is 0 Å². The molecule has 0 fully saturated rings. The van der Waals surface area contributed by atoms with Crippen LogP contribution < -0.4 is 21.7 Å². The average Bonchev–Trinajstić information content (AvgIpc) is 2.62. The molecule has 0 aromatic rings. The van der Waals surface area contributed by atoms with Gasteiger partial charge in [0.25, 0.3) is 0 Å². The topological polar surface area (TPSA) is 188 Å². The zero-order valence-corrected chi connectivity index (χ0v) is 18.5. The Hall–Kier alpha value is -2.34. The molecular formula is C18H32N4O7S. The molecule has 30 heavy (non-hydrogen) atoms. The number of carboxylic acid groups (broad SMARTS) is 2. The highest BCUT2D eigenvalue weighted by Gasteiger charge is 2.29. The van der Waals surface area contributed by atoms with Crippen LogP contribution in [0.5, 0.6) is 0 Å². The summed E-state index contributed by atoms with van der Waals surface area (Å²) in [4.78, 5) is 58.9. The number of hydrogen-bond donors (Lipinski definition) is 6. The van der Waals surface area contributed by atoms with Crippen molar-refractivity contribution >= 4 is 41.4 Å². The number of amides is 3. The van der Waals surface area contributed by atoms with E-state index >= 15 is 0 Å². The molecule has 0 rings (SSSR count). The van der Waals surface area contributed by atoms with Crippen molar-refractivity contribution in [3.8, 4) is 0 Å². The Bertz CT molecular complexity index is 630. The quantitative estimate of drug-likeness (QED) is 0.197. The number of carbonyl (C=O) groups excluding carboxylic acids is 3. The minimum Gasteiger partial charge on any atom is -0.481 e. The highest BCUT2D eigenvalue weighted by atomic mass is 32.2. The monoisotopic (exact) mass is 448 g/mol. The molecule has 4 atom stereocenters. The van der Waals surface area contributed by atoms with Crippen molar-refractivity contribution in [3.05, 3.63) is 0 Å². The maximum atomic E-state index is 12.6. The Kier molecular flexibility index (Phi) is 12.7. The molecule has 172 valence electrons. The molecule has 0 aliphatic rings. The third kappa shape index (κ3) is 11.0. The van der Waals surface area contributed by atoms with Gasteiger partial charge in [0.05, 0.1) is 12.5 Å². The molecule has 7 N–H and O–H groups in total. The molecule has 0 aliphatic heterocycles. The summed E-state index contributed by atoms with van der Waals surface area (Å²) >= 11 is 1.44. The molecule has 0 spiro atoms. The molecule has 0 radical (unpaired) electrons. The van der Waals surface area contributed by atoms with E-state index < -0.39 is 60.2 Å². The predicted molar refractivity (Wildman–Crippen MR) is 112 cm³/mol. The van der Waals surface area contributed by atoms with E-state index in [1.165, 1.54) is 18.7 Å². The molecule has 0 aliphatic carbocycles. The molecule has 4 unspecified atom stereocenters. The van der Waals surface area contributed by atoms with Crippen molar-refractivity contribution in [2.45, 2.75) is 64.2 Å². The molecule has 0 bridgehead atoms. The number of aliphatic carboxylic acids is 2. The zero-order chi connectivity index (χ0) is 23.4. The molecule has 12 heteroatoms. The Morgan fingerprint density at radius 1 is 0.900 bits per heavy atom. The van der Waals surface area contributed by atoms with Crippen LogP contribution in [0.3, 0.4) is 0 Å². The molecule has 0 heterocycles. The van der Waals surface area contributed by atoms with E-state index in [9.17, 15) is 29.1 Å². The third-order valence-corrected chi connectivity index (χ3v) is 4.69. The third-order valence-electron chi connectivity index (χ3n) is 4.05. The number of carbonyl (C=O) groups is 5. The van der Waals surface area contributed by atoms with Gasteiger partial charge in [0.2, 0.25) is 17.7 Å². The summed E-state index contributed by atoms with van der Waals surface area (Å²) in [6.07, 6.45) is 1.69. The molecular weight excluding hydrogens is 416 g/mol. The maximum Gasteiger partial charge on any atom is 0.326 e. The molecule has 11 nitrogen and oxygen atoms in total. The van der Waals surface area contributed by atoms with Gasteiger partial charge in [-0.3, -0.25) is 19.2 Å². The fourth-order valence-corrected chi connectivity index (χ4v) is 2.90. The van der Waals surface area contributed by atoms with E-state index in [0.29, 0.717) is 5.75 Å². The lowest BCUT2D eigenvalue weighted by molar-refractivity contribution is -0.142. The van der Waals surface area contributed by atoms with Gasteiger partial charge in [-0.25, -0.2) is 4.79 Å². The van der Waals surface area contributed by atoms with Gasteiger partial charge in [-0.15, -0.1) is 0 Å². The number of carboxylic acids is 2. The Labute approximate surface area is 179 Å². The number of rotatable bonds is 14. The summed E-state index contributed by atoms with van der Waals surface area (Å²) < 4.78 is 0. The van der Waals surface area contributed by atoms with Crippen molar-refractivity contribution in [1.82, 2.24) is 16.0 Å². The number of hydrogen-bond acceptors (Lipinski definition) is 7. The van der Waals surface area contributed by atoms with Crippen LogP contribution in [0.15, 0.2) is 0 Å². The minimum atomic E-state index is -1.32. The lowest BCUT2D eigenvalue weighted by Crippen LogP contribution is -2.56. The fraction of sp³-hybridized carbons (Fsp3) is 0.722. The maximum absolute atomic E-state index is 12.6. The first kappa shape index (κ1) is 27.7. The summed E-state index contributed by atoms with van der Waals surface area (Å²) in [5.74, 6) is -4.00. The van der Waals surface area contributed by atoms with E-state index in [1.54, 1.807) is 0 Å². The van der Waals surface area contributed by atoms with Gasteiger partial charge in [-0.1, -0.05) is 13.8 Å². The minimum absolute atomic E-state index is 0.00353. The lowest BCUT2D eigenvalue weighted by Gasteiger charge is -2.24. The summed E-state index contributed by atoms with van der Waals surface area (Å²) in [6, 6.07) is -4.48. The number of nitrogens with two attached hydrogens (primary N) is 1. The first-order valence-corrected chi connectivity index (χ1v) is 10.9. The summed E-state index contributed by atoms with van der Waals surface area (Å²) in [5.41, 5.74) is 5.52. The Morgan fingerprint density at radius 2 is 1.47 bits per heavy atom. The number of nitrogens with one attached hydrogen (secondary N) is 3. The van der Waals surface area contributed by atoms with Crippen LogP contribution >= 0.6 is 11.8 Å². The molecule has 0 saturated heterocycles. The molecule has 0 aromatic carbocycles. The van der Waals surface area contributed by atoms with E-state index in [1.807, 2.05) is 20.1 Å².